The number of aryl methyl sites for hydroxylation is 2. The summed E-state index contributed by atoms with van der Waals surface area (Å²) in [5.74, 6) is -0.256. The van der Waals surface area contributed by atoms with Crippen LogP contribution in [0.25, 0.3) is 0 Å². The van der Waals surface area contributed by atoms with Crippen molar-refractivity contribution >= 4 is 34.4 Å². The summed E-state index contributed by atoms with van der Waals surface area (Å²) in [6.45, 7) is 2.79. The molecular formula is C16H16FIN6O. The molecule has 1 aromatic carbocycles. The molecule has 0 saturated heterocycles. The van der Waals surface area contributed by atoms with E-state index in [-0.39, 0.29) is 24.1 Å². The summed E-state index contributed by atoms with van der Waals surface area (Å²) in [6.07, 6.45) is 3.67. The number of halogens is 2. The molecular weight excluding hydrogens is 438 g/mol. The minimum Gasteiger partial charge on any atom is -0.293 e. The molecule has 130 valence electrons. The summed E-state index contributed by atoms with van der Waals surface area (Å²) in [5.41, 5.74) is 1.71. The number of hydrogen-bond donors (Lipinski definition) is 1. The molecule has 1 amide bonds. The zero-order valence-corrected chi connectivity index (χ0v) is 15.6. The van der Waals surface area contributed by atoms with Crippen molar-refractivity contribution < 1.29 is 9.18 Å². The maximum Gasteiger partial charge on any atom is 0.248 e. The van der Waals surface area contributed by atoms with Gasteiger partial charge in [0.15, 0.2) is 0 Å². The highest BCUT2D eigenvalue weighted by molar-refractivity contribution is 14.1. The fraction of sp³-hybridized carbons (Fsp3) is 0.250. The van der Waals surface area contributed by atoms with E-state index in [0.29, 0.717) is 13.1 Å². The second kappa shape index (κ2) is 7.72. The van der Waals surface area contributed by atoms with Crippen LogP contribution in [0.3, 0.4) is 0 Å². The van der Waals surface area contributed by atoms with Crippen LogP contribution in [-0.4, -0.2) is 30.5 Å². The van der Waals surface area contributed by atoms with Gasteiger partial charge in [0.1, 0.15) is 12.1 Å². The molecule has 0 aliphatic carbocycles. The number of hydrogen-bond acceptors (Lipinski definition) is 4. The summed E-state index contributed by atoms with van der Waals surface area (Å²) in [7, 11) is 0. The minimum atomic E-state index is -0.297. The highest BCUT2D eigenvalue weighted by atomic mass is 127. The molecule has 7 nitrogen and oxygen atoms in total. The van der Waals surface area contributed by atoms with Crippen LogP contribution in [0.5, 0.6) is 0 Å². The van der Waals surface area contributed by atoms with E-state index in [1.807, 2.05) is 13.1 Å². The first-order valence-corrected chi connectivity index (χ1v) is 8.71. The number of amides is 1. The molecule has 0 spiro atoms. The van der Waals surface area contributed by atoms with Crippen LogP contribution in [-0.2, 0) is 17.9 Å². The average molecular weight is 454 g/mol. The molecule has 0 fully saturated rings. The Balaban J connectivity index is 1.53. The van der Waals surface area contributed by atoms with Gasteiger partial charge in [-0.2, -0.15) is 5.10 Å². The van der Waals surface area contributed by atoms with Gasteiger partial charge in [-0.3, -0.25) is 14.8 Å². The van der Waals surface area contributed by atoms with E-state index in [2.05, 4.69) is 43.1 Å². The molecule has 2 heterocycles. The molecule has 0 saturated carbocycles. The predicted molar refractivity (Wildman–Crippen MR) is 98.5 cm³/mol. The topological polar surface area (TPSA) is 77.6 Å². The Morgan fingerprint density at radius 2 is 2.16 bits per heavy atom. The van der Waals surface area contributed by atoms with Gasteiger partial charge in [-0.1, -0.05) is 12.1 Å². The van der Waals surface area contributed by atoms with Crippen molar-refractivity contribution in [3.8, 4) is 0 Å². The first-order valence-electron chi connectivity index (χ1n) is 7.63. The molecule has 1 N–H and O–H groups in total. The average Bonchev–Trinajstić information content (AvgIpc) is 3.12. The largest absolute Gasteiger partial charge is 0.293 e. The molecule has 0 radical (unpaired) electrons. The van der Waals surface area contributed by atoms with E-state index in [1.165, 1.54) is 18.5 Å². The Morgan fingerprint density at radius 1 is 1.32 bits per heavy atom. The smallest absolute Gasteiger partial charge is 0.248 e. The van der Waals surface area contributed by atoms with Crippen LogP contribution in [0.1, 0.15) is 17.7 Å². The van der Waals surface area contributed by atoms with E-state index in [9.17, 15) is 9.18 Å². The monoisotopic (exact) mass is 454 g/mol. The Bertz CT molecular complexity index is 871. The van der Waals surface area contributed by atoms with Crippen molar-refractivity contribution in [1.29, 1.82) is 0 Å². The lowest BCUT2D eigenvalue weighted by Crippen LogP contribution is -2.16. The summed E-state index contributed by atoms with van der Waals surface area (Å²) in [6, 6.07) is 6.27. The Labute approximate surface area is 157 Å². The maximum absolute atomic E-state index is 13.2. The number of aromatic nitrogens is 5. The van der Waals surface area contributed by atoms with Gasteiger partial charge in [-0.25, -0.2) is 14.1 Å². The summed E-state index contributed by atoms with van der Waals surface area (Å²) in [5, 5.41) is 11.1. The lowest BCUT2D eigenvalue weighted by Gasteiger charge is -2.02. The van der Waals surface area contributed by atoms with Crippen molar-refractivity contribution in [3.63, 3.8) is 0 Å². The number of rotatable bonds is 6. The fourth-order valence-electron chi connectivity index (χ4n) is 2.26. The summed E-state index contributed by atoms with van der Waals surface area (Å²) < 4.78 is 17.5. The number of carbonyl (C=O) groups is 1. The molecule has 2 aromatic heterocycles. The van der Waals surface area contributed by atoms with Crippen LogP contribution in [0, 0.1) is 16.3 Å². The van der Waals surface area contributed by atoms with Crippen LogP contribution in [0.4, 0.5) is 10.3 Å². The molecule has 0 unspecified atom stereocenters. The lowest BCUT2D eigenvalue weighted by atomic mass is 10.2. The van der Waals surface area contributed by atoms with Gasteiger partial charge in [0, 0.05) is 19.2 Å². The van der Waals surface area contributed by atoms with Crippen LogP contribution >= 0.6 is 22.6 Å². The number of benzene rings is 1. The van der Waals surface area contributed by atoms with Gasteiger partial charge in [0.25, 0.3) is 0 Å². The number of nitrogens with zero attached hydrogens (tertiary/aromatic N) is 5. The van der Waals surface area contributed by atoms with Crippen molar-refractivity contribution in [2.24, 2.45) is 0 Å². The number of anilines is 1. The number of carbonyl (C=O) groups excluding carboxylic acids is 1. The molecule has 0 bridgehead atoms. The third-order valence-corrected chi connectivity index (χ3v) is 4.53. The molecule has 25 heavy (non-hydrogen) atoms. The standard InChI is InChI=1S/C16H16FIN6O/c1-11-14(18)9-23(21-11)6-5-15(25)20-16-19-10-24(22-16)8-12-3-2-4-13(17)7-12/h2-4,7,9-10H,5-6,8H2,1H3,(H,20,22,25). The first kappa shape index (κ1) is 17.5. The third kappa shape index (κ3) is 4.84. The SMILES string of the molecule is Cc1nn(CCC(=O)Nc2ncn(Cc3cccc(F)c3)n2)cc1I. The normalized spacial score (nSPS) is 10.8. The number of nitrogens with one attached hydrogen (secondary N) is 1. The van der Waals surface area contributed by atoms with E-state index in [0.717, 1.165) is 14.8 Å². The Morgan fingerprint density at radius 3 is 2.88 bits per heavy atom. The summed E-state index contributed by atoms with van der Waals surface area (Å²) >= 11 is 2.20. The second-order valence-corrected chi connectivity index (χ2v) is 6.68. The first-order chi connectivity index (χ1) is 12.0. The van der Waals surface area contributed by atoms with E-state index >= 15 is 0 Å². The van der Waals surface area contributed by atoms with Gasteiger partial charge in [-0.05, 0) is 47.2 Å². The third-order valence-electron chi connectivity index (χ3n) is 3.48. The van der Waals surface area contributed by atoms with E-state index < -0.39 is 0 Å². The van der Waals surface area contributed by atoms with Crippen LogP contribution in [0.2, 0.25) is 0 Å². The van der Waals surface area contributed by atoms with Crippen molar-refractivity contribution in [1.82, 2.24) is 24.5 Å². The Hall–Kier alpha value is -2.30. The van der Waals surface area contributed by atoms with Gasteiger partial charge >= 0.3 is 0 Å². The molecule has 3 rings (SSSR count). The van der Waals surface area contributed by atoms with Crippen molar-refractivity contribution in [3.05, 3.63) is 57.4 Å². The van der Waals surface area contributed by atoms with Gasteiger partial charge in [0.2, 0.25) is 11.9 Å². The van der Waals surface area contributed by atoms with E-state index in [1.54, 1.807) is 21.5 Å². The maximum atomic E-state index is 13.2. The van der Waals surface area contributed by atoms with Crippen molar-refractivity contribution in [2.45, 2.75) is 26.4 Å². The predicted octanol–water partition coefficient (Wildman–Crippen LogP) is 2.60. The molecule has 0 aliphatic heterocycles. The minimum absolute atomic E-state index is 0.188. The second-order valence-electron chi connectivity index (χ2n) is 5.52. The zero-order valence-electron chi connectivity index (χ0n) is 13.5. The molecule has 9 heteroatoms. The highest BCUT2D eigenvalue weighted by Gasteiger charge is 2.09. The molecule has 0 atom stereocenters. The summed E-state index contributed by atoms with van der Waals surface area (Å²) in [4.78, 5) is 16.0. The van der Waals surface area contributed by atoms with Crippen molar-refractivity contribution in [2.75, 3.05) is 5.32 Å². The highest BCUT2D eigenvalue weighted by Crippen LogP contribution is 2.09. The Kier molecular flexibility index (Phi) is 5.41. The molecule has 3 aromatic rings. The van der Waals surface area contributed by atoms with Crippen LogP contribution in [0.15, 0.2) is 36.8 Å². The quantitative estimate of drug-likeness (QED) is 0.581. The van der Waals surface area contributed by atoms with E-state index in [4.69, 9.17) is 0 Å². The van der Waals surface area contributed by atoms with Gasteiger partial charge < -0.3 is 0 Å². The fourth-order valence-corrected chi connectivity index (χ4v) is 2.69. The van der Waals surface area contributed by atoms with Gasteiger partial charge in [0.05, 0.1) is 15.8 Å². The zero-order chi connectivity index (χ0) is 17.8. The van der Waals surface area contributed by atoms with Crippen LogP contribution < -0.4 is 5.32 Å². The molecule has 0 aliphatic rings. The van der Waals surface area contributed by atoms with Gasteiger partial charge in [-0.15, -0.1) is 5.10 Å². The lowest BCUT2D eigenvalue weighted by molar-refractivity contribution is -0.116.